The number of hydrogen-bond acceptors (Lipinski definition) is 4. The predicted molar refractivity (Wildman–Crippen MR) is 137 cm³/mol. The molecular formula is C22H43IN6O2. The Hall–Kier alpha value is -1.10. The van der Waals surface area contributed by atoms with Crippen molar-refractivity contribution in [1.29, 1.82) is 0 Å². The summed E-state index contributed by atoms with van der Waals surface area (Å²) in [7, 11) is 3.52. The Morgan fingerprint density at radius 3 is 2.35 bits per heavy atom. The molecule has 0 radical (unpaired) electrons. The number of likely N-dealkylation sites (tertiary alicyclic amines) is 1. The molecule has 1 aliphatic carbocycles. The Balaban J connectivity index is 0.00000480. The van der Waals surface area contributed by atoms with Crippen LogP contribution < -0.4 is 16.0 Å². The van der Waals surface area contributed by atoms with E-state index in [0.29, 0.717) is 24.5 Å². The fourth-order valence-electron chi connectivity index (χ4n) is 4.08. The topological polar surface area (TPSA) is 89.1 Å². The van der Waals surface area contributed by atoms with Crippen molar-refractivity contribution in [2.45, 2.75) is 70.9 Å². The van der Waals surface area contributed by atoms with Crippen molar-refractivity contribution in [3.05, 3.63) is 0 Å². The molecule has 2 amide bonds. The Morgan fingerprint density at radius 2 is 1.74 bits per heavy atom. The first-order valence-electron chi connectivity index (χ1n) is 11.7. The van der Waals surface area contributed by atoms with Crippen LogP contribution in [0.2, 0.25) is 0 Å². The highest BCUT2D eigenvalue weighted by molar-refractivity contribution is 14.0. The first-order valence-corrected chi connectivity index (χ1v) is 11.7. The summed E-state index contributed by atoms with van der Waals surface area (Å²) in [5.41, 5.74) is 0. The lowest BCUT2D eigenvalue weighted by Crippen LogP contribution is -2.53. The van der Waals surface area contributed by atoms with Crippen LogP contribution in [-0.4, -0.2) is 86.5 Å². The highest BCUT2D eigenvalue weighted by Crippen LogP contribution is 2.23. The van der Waals surface area contributed by atoms with Crippen LogP contribution in [-0.2, 0) is 9.59 Å². The van der Waals surface area contributed by atoms with Crippen molar-refractivity contribution in [2.24, 2.45) is 10.9 Å². The number of amides is 2. The van der Waals surface area contributed by atoms with Crippen molar-refractivity contribution in [1.82, 2.24) is 25.8 Å². The summed E-state index contributed by atoms with van der Waals surface area (Å²) < 4.78 is 0. The molecule has 0 aromatic carbocycles. The molecule has 31 heavy (non-hydrogen) atoms. The largest absolute Gasteiger partial charge is 0.355 e. The van der Waals surface area contributed by atoms with Gasteiger partial charge in [0.2, 0.25) is 11.8 Å². The molecule has 2 fully saturated rings. The second-order valence-corrected chi connectivity index (χ2v) is 9.01. The SMILES string of the molecule is CCCNC(=O)CN1CCC(NC(=NCC(=O)N(C)C)NC2CCCCC2C)CC1.I. The maximum atomic E-state index is 12.0. The van der Waals surface area contributed by atoms with Gasteiger partial charge in [0.1, 0.15) is 6.54 Å². The zero-order valence-corrected chi connectivity index (χ0v) is 22.1. The van der Waals surface area contributed by atoms with E-state index in [2.05, 4.69) is 39.7 Å². The average Bonchev–Trinajstić information content (AvgIpc) is 2.73. The van der Waals surface area contributed by atoms with Gasteiger partial charge in [-0.25, -0.2) is 4.99 Å². The van der Waals surface area contributed by atoms with Crippen molar-refractivity contribution >= 4 is 41.8 Å². The van der Waals surface area contributed by atoms with Gasteiger partial charge in [0.05, 0.1) is 6.54 Å². The van der Waals surface area contributed by atoms with Gasteiger partial charge in [0, 0.05) is 45.8 Å². The zero-order chi connectivity index (χ0) is 21.9. The third-order valence-corrected chi connectivity index (χ3v) is 6.17. The van der Waals surface area contributed by atoms with E-state index in [1.54, 1.807) is 19.0 Å². The standard InChI is InChI=1S/C22H42N6O2.HI/c1-5-12-23-20(29)16-28-13-10-18(11-14-28)25-22(24-15-21(30)27(3)4)26-19-9-7-6-8-17(19)2;/h17-19H,5-16H2,1-4H3,(H,23,29)(H2,24,25,26);1H. The number of guanidine groups is 1. The van der Waals surface area contributed by atoms with Gasteiger partial charge in [-0.05, 0) is 38.0 Å². The minimum atomic E-state index is 0. The number of nitrogens with zero attached hydrogens (tertiary/aromatic N) is 3. The zero-order valence-electron chi connectivity index (χ0n) is 19.8. The van der Waals surface area contributed by atoms with Gasteiger partial charge >= 0.3 is 0 Å². The van der Waals surface area contributed by atoms with Gasteiger partial charge in [-0.1, -0.05) is 26.7 Å². The molecule has 180 valence electrons. The number of aliphatic imine (C=N–C) groups is 1. The molecule has 1 heterocycles. The molecular weight excluding hydrogens is 507 g/mol. The van der Waals surface area contributed by atoms with E-state index in [4.69, 9.17) is 0 Å². The number of likely N-dealkylation sites (N-methyl/N-ethyl adjacent to an activating group) is 1. The van der Waals surface area contributed by atoms with E-state index in [1.165, 1.54) is 19.3 Å². The van der Waals surface area contributed by atoms with Crippen LogP contribution in [0.3, 0.4) is 0 Å². The summed E-state index contributed by atoms with van der Waals surface area (Å²) in [6.45, 7) is 7.50. The minimum absolute atomic E-state index is 0. The molecule has 1 aliphatic heterocycles. The van der Waals surface area contributed by atoms with Gasteiger partial charge in [-0.2, -0.15) is 0 Å². The normalized spacial score (nSPS) is 22.9. The lowest BCUT2D eigenvalue weighted by molar-refractivity contribution is -0.127. The monoisotopic (exact) mass is 550 g/mol. The predicted octanol–water partition coefficient (Wildman–Crippen LogP) is 1.80. The van der Waals surface area contributed by atoms with Crippen molar-refractivity contribution < 1.29 is 9.59 Å². The summed E-state index contributed by atoms with van der Waals surface area (Å²) in [5, 5.41) is 10.1. The third-order valence-electron chi connectivity index (χ3n) is 6.17. The number of rotatable bonds is 8. The maximum absolute atomic E-state index is 12.0. The smallest absolute Gasteiger partial charge is 0.243 e. The molecule has 0 bridgehead atoms. The second-order valence-electron chi connectivity index (χ2n) is 9.01. The van der Waals surface area contributed by atoms with Crippen molar-refractivity contribution in [3.8, 4) is 0 Å². The fourth-order valence-corrected chi connectivity index (χ4v) is 4.08. The third kappa shape index (κ3) is 10.4. The maximum Gasteiger partial charge on any atom is 0.243 e. The van der Waals surface area contributed by atoms with E-state index >= 15 is 0 Å². The number of halogens is 1. The number of carbonyl (C=O) groups excluding carboxylic acids is 2. The quantitative estimate of drug-likeness (QED) is 0.244. The highest BCUT2D eigenvalue weighted by Gasteiger charge is 2.25. The van der Waals surface area contributed by atoms with Gasteiger partial charge < -0.3 is 20.9 Å². The minimum Gasteiger partial charge on any atom is -0.355 e. The van der Waals surface area contributed by atoms with Crippen LogP contribution in [0.1, 0.15) is 58.8 Å². The molecule has 9 heteroatoms. The molecule has 1 saturated carbocycles. The van der Waals surface area contributed by atoms with Crippen LogP contribution >= 0.6 is 24.0 Å². The van der Waals surface area contributed by atoms with Gasteiger partial charge in [0.25, 0.3) is 0 Å². The average molecular weight is 551 g/mol. The molecule has 2 atom stereocenters. The molecule has 8 nitrogen and oxygen atoms in total. The Bertz CT molecular complexity index is 578. The number of hydrogen-bond donors (Lipinski definition) is 3. The summed E-state index contributed by atoms with van der Waals surface area (Å²) in [6.07, 6.45) is 7.80. The van der Waals surface area contributed by atoms with Crippen molar-refractivity contribution in [2.75, 3.05) is 46.8 Å². The lowest BCUT2D eigenvalue weighted by atomic mass is 9.86. The van der Waals surface area contributed by atoms with E-state index < -0.39 is 0 Å². The number of carbonyl (C=O) groups is 2. The molecule has 0 aromatic rings. The Labute approximate surface area is 205 Å². The van der Waals surface area contributed by atoms with Gasteiger partial charge in [-0.15, -0.1) is 24.0 Å². The van der Waals surface area contributed by atoms with Crippen LogP contribution in [0.4, 0.5) is 0 Å². The first kappa shape index (κ1) is 27.9. The summed E-state index contributed by atoms with van der Waals surface area (Å²) in [4.78, 5) is 32.4. The molecule has 3 N–H and O–H groups in total. The molecule has 0 aromatic heterocycles. The number of piperidine rings is 1. The van der Waals surface area contributed by atoms with E-state index in [1.807, 2.05) is 0 Å². The Kier molecular flexibility index (Phi) is 13.4. The fraction of sp³-hybridized carbons (Fsp3) is 0.864. The van der Waals surface area contributed by atoms with E-state index in [9.17, 15) is 9.59 Å². The summed E-state index contributed by atoms with van der Waals surface area (Å²) >= 11 is 0. The van der Waals surface area contributed by atoms with Gasteiger partial charge in [0.15, 0.2) is 5.96 Å². The molecule has 2 aliphatic rings. The number of nitrogens with one attached hydrogen (secondary N) is 3. The second kappa shape index (κ2) is 14.9. The summed E-state index contributed by atoms with van der Waals surface area (Å²) in [5.74, 6) is 1.48. The molecule has 0 spiro atoms. The molecule has 2 rings (SSSR count). The van der Waals surface area contributed by atoms with Crippen LogP contribution in [0.15, 0.2) is 4.99 Å². The van der Waals surface area contributed by atoms with Crippen LogP contribution in [0.5, 0.6) is 0 Å². The van der Waals surface area contributed by atoms with E-state index in [0.717, 1.165) is 51.3 Å². The highest BCUT2D eigenvalue weighted by atomic mass is 127. The lowest BCUT2D eigenvalue weighted by Gasteiger charge is -2.35. The van der Waals surface area contributed by atoms with Crippen LogP contribution in [0, 0.1) is 5.92 Å². The molecule has 2 unspecified atom stereocenters. The van der Waals surface area contributed by atoms with Crippen molar-refractivity contribution in [3.63, 3.8) is 0 Å². The van der Waals surface area contributed by atoms with Gasteiger partial charge in [-0.3, -0.25) is 14.5 Å². The first-order chi connectivity index (χ1) is 14.4. The molecule has 1 saturated heterocycles. The summed E-state index contributed by atoms with van der Waals surface area (Å²) in [6, 6.07) is 0.710. The van der Waals surface area contributed by atoms with E-state index in [-0.39, 0.29) is 42.3 Å². The van der Waals surface area contributed by atoms with Crippen LogP contribution in [0.25, 0.3) is 0 Å². The Morgan fingerprint density at radius 1 is 1.06 bits per heavy atom.